The molecule has 0 aromatic carbocycles. The molecule has 1 N–H and O–H groups in total. The highest BCUT2D eigenvalue weighted by Crippen LogP contribution is 2.25. The number of hydrogen-bond acceptors (Lipinski definition) is 5. The van der Waals surface area contributed by atoms with E-state index >= 15 is 0 Å². The molecule has 5 nitrogen and oxygen atoms in total. The Labute approximate surface area is 109 Å². The highest BCUT2D eigenvalue weighted by atomic mass is 19.1. The van der Waals surface area contributed by atoms with Gasteiger partial charge in [0.25, 0.3) is 0 Å². The molecule has 0 bridgehead atoms. The van der Waals surface area contributed by atoms with Gasteiger partial charge < -0.3 is 10.1 Å². The Balaban J connectivity index is 2.09. The predicted molar refractivity (Wildman–Crippen MR) is 68.1 cm³/mol. The highest BCUT2D eigenvalue weighted by molar-refractivity contribution is 5.56. The van der Waals surface area contributed by atoms with E-state index in [1.54, 1.807) is 13.1 Å². The van der Waals surface area contributed by atoms with Gasteiger partial charge in [-0.15, -0.1) is 0 Å². The van der Waals surface area contributed by atoms with Crippen molar-refractivity contribution in [2.75, 3.05) is 19.0 Å². The zero-order valence-corrected chi connectivity index (χ0v) is 10.5. The van der Waals surface area contributed by atoms with E-state index in [2.05, 4.69) is 20.3 Å². The minimum atomic E-state index is -0.371. The number of rotatable bonds is 2. The molecule has 2 aromatic rings. The van der Waals surface area contributed by atoms with Crippen LogP contribution in [0, 0.1) is 5.82 Å². The monoisotopic (exact) mass is 260 g/mol. The molecule has 0 saturated carbocycles. The second-order valence-corrected chi connectivity index (χ2v) is 4.24. The fourth-order valence-corrected chi connectivity index (χ4v) is 2.06. The predicted octanol–water partition coefficient (Wildman–Crippen LogP) is 1.79. The van der Waals surface area contributed by atoms with Crippen molar-refractivity contribution < 1.29 is 9.13 Å². The van der Waals surface area contributed by atoms with E-state index in [0.29, 0.717) is 24.7 Å². The van der Waals surface area contributed by atoms with Crippen molar-refractivity contribution in [1.82, 2.24) is 15.0 Å². The summed E-state index contributed by atoms with van der Waals surface area (Å²) in [5, 5.41) is 3.04. The third kappa shape index (κ3) is 2.26. The third-order valence-electron chi connectivity index (χ3n) is 3.02. The summed E-state index contributed by atoms with van der Waals surface area (Å²) in [4.78, 5) is 12.9. The standard InChI is InChI=1S/C13H13FN4O/c1-15-12-9-7-19-5-4-10(9)17-13(18-12)11-3-2-8(14)6-16-11/h2-3,6H,4-5,7H2,1H3,(H,15,17,18). The lowest BCUT2D eigenvalue weighted by Gasteiger charge is -2.19. The summed E-state index contributed by atoms with van der Waals surface area (Å²) in [6.07, 6.45) is 1.92. The average molecular weight is 260 g/mol. The molecule has 3 rings (SSSR count). The van der Waals surface area contributed by atoms with Gasteiger partial charge in [0.2, 0.25) is 0 Å². The van der Waals surface area contributed by atoms with Crippen LogP contribution in [0.1, 0.15) is 11.3 Å². The van der Waals surface area contributed by atoms with Gasteiger partial charge >= 0.3 is 0 Å². The Bertz CT molecular complexity index is 583. The Morgan fingerprint density at radius 1 is 1.32 bits per heavy atom. The Morgan fingerprint density at radius 3 is 2.95 bits per heavy atom. The molecule has 0 saturated heterocycles. The summed E-state index contributed by atoms with van der Waals surface area (Å²) in [6.45, 7) is 1.17. The van der Waals surface area contributed by atoms with Crippen molar-refractivity contribution in [2.45, 2.75) is 13.0 Å². The van der Waals surface area contributed by atoms with Crippen LogP contribution in [-0.2, 0) is 17.8 Å². The molecule has 19 heavy (non-hydrogen) atoms. The van der Waals surface area contributed by atoms with E-state index in [1.165, 1.54) is 12.3 Å². The maximum Gasteiger partial charge on any atom is 0.180 e. The van der Waals surface area contributed by atoms with Gasteiger partial charge in [-0.05, 0) is 12.1 Å². The van der Waals surface area contributed by atoms with Crippen molar-refractivity contribution in [3.05, 3.63) is 35.4 Å². The van der Waals surface area contributed by atoms with Crippen LogP contribution in [0.4, 0.5) is 10.2 Å². The molecule has 1 aliphatic heterocycles. The smallest absolute Gasteiger partial charge is 0.180 e. The fourth-order valence-electron chi connectivity index (χ4n) is 2.06. The number of anilines is 1. The second kappa shape index (κ2) is 4.89. The molecule has 0 unspecified atom stereocenters. The lowest BCUT2D eigenvalue weighted by molar-refractivity contribution is 0.109. The minimum absolute atomic E-state index is 0.371. The van der Waals surface area contributed by atoms with Crippen LogP contribution in [0.25, 0.3) is 11.5 Å². The summed E-state index contributed by atoms with van der Waals surface area (Å²) in [7, 11) is 1.80. The quantitative estimate of drug-likeness (QED) is 0.892. The van der Waals surface area contributed by atoms with Gasteiger partial charge in [0.1, 0.15) is 17.3 Å². The number of fused-ring (bicyclic) bond motifs is 1. The van der Waals surface area contributed by atoms with Gasteiger partial charge in [0, 0.05) is 19.0 Å². The van der Waals surface area contributed by atoms with Crippen molar-refractivity contribution in [1.29, 1.82) is 0 Å². The normalized spacial score (nSPS) is 14.0. The van der Waals surface area contributed by atoms with Crippen LogP contribution in [-0.4, -0.2) is 28.6 Å². The number of ether oxygens (including phenoxy) is 1. The van der Waals surface area contributed by atoms with Crippen molar-refractivity contribution in [3.8, 4) is 11.5 Å². The molecular weight excluding hydrogens is 247 g/mol. The van der Waals surface area contributed by atoms with E-state index in [1.807, 2.05) is 0 Å². The third-order valence-corrected chi connectivity index (χ3v) is 3.02. The van der Waals surface area contributed by atoms with E-state index in [4.69, 9.17) is 4.74 Å². The van der Waals surface area contributed by atoms with Gasteiger partial charge in [-0.3, -0.25) is 0 Å². The van der Waals surface area contributed by atoms with Crippen LogP contribution in [0.3, 0.4) is 0 Å². The summed E-state index contributed by atoms with van der Waals surface area (Å²) >= 11 is 0. The van der Waals surface area contributed by atoms with Crippen LogP contribution >= 0.6 is 0 Å². The van der Waals surface area contributed by atoms with Crippen molar-refractivity contribution >= 4 is 5.82 Å². The molecule has 6 heteroatoms. The van der Waals surface area contributed by atoms with Crippen LogP contribution in [0.15, 0.2) is 18.3 Å². The molecule has 0 atom stereocenters. The second-order valence-electron chi connectivity index (χ2n) is 4.24. The summed E-state index contributed by atoms with van der Waals surface area (Å²) in [5.41, 5.74) is 2.51. The average Bonchev–Trinajstić information content (AvgIpc) is 2.47. The van der Waals surface area contributed by atoms with Gasteiger partial charge in [0.05, 0.1) is 25.1 Å². The largest absolute Gasteiger partial charge is 0.376 e. The number of halogens is 1. The van der Waals surface area contributed by atoms with E-state index in [0.717, 1.165) is 23.5 Å². The number of nitrogens with one attached hydrogen (secondary N) is 1. The number of aromatic nitrogens is 3. The zero-order valence-electron chi connectivity index (χ0n) is 10.5. The van der Waals surface area contributed by atoms with E-state index < -0.39 is 0 Å². The van der Waals surface area contributed by atoms with Crippen molar-refractivity contribution in [3.63, 3.8) is 0 Å². The van der Waals surface area contributed by atoms with E-state index in [9.17, 15) is 4.39 Å². The number of nitrogens with zero attached hydrogens (tertiary/aromatic N) is 3. The number of hydrogen-bond donors (Lipinski definition) is 1. The first kappa shape index (κ1) is 12.0. The zero-order chi connectivity index (χ0) is 13.2. The van der Waals surface area contributed by atoms with Crippen molar-refractivity contribution in [2.24, 2.45) is 0 Å². The fraction of sp³-hybridized carbons (Fsp3) is 0.308. The van der Waals surface area contributed by atoms with Gasteiger partial charge in [-0.1, -0.05) is 0 Å². The summed E-state index contributed by atoms with van der Waals surface area (Å²) < 4.78 is 18.3. The Kier molecular flexibility index (Phi) is 3.08. The molecule has 0 radical (unpaired) electrons. The molecule has 0 spiro atoms. The first-order chi connectivity index (χ1) is 9.28. The number of pyridine rings is 1. The first-order valence-electron chi connectivity index (χ1n) is 6.05. The molecule has 0 aliphatic carbocycles. The van der Waals surface area contributed by atoms with Crippen LogP contribution in [0.5, 0.6) is 0 Å². The first-order valence-corrected chi connectivity index (χ1v) is 6.05. The molecule has 3 heterocycles. The maximum absolute atomic E-state index is 12.9. The lowest BCUT2D eigenvalue weighted by Crippen LogP contribution is -2.16. The topological polar surface area (TPSA) is 59.9 Å². The summed E-state index contributed by atoms with van der Waals surface area (Å²) in [6, 6.07) is 2.93. The maximum atomic E-state index is 12.9. The van der Waals surface area contributed by atoms with Gasteiger partial charge in [-0.25, -0.2) is 19.3 Å². The molecular formula is C13H13FN4O. The van der Waals surface area contributed by atoms with Crippen LogP contribution in [0.2, 0.25) is 0 Å². The molecule has 0 fully saturated rings. The molecule has 0 amide bonds. The van der Waals surface area contributed by atoms with E-state index in [-0.39, 0.29) is 5.82 Å². The Hall–Kier alpha value is -2.08. The highest BCUT2D eigenvalue weighted by Gasteiger charge is 2.18. The SMILES string of the molecule is CNc1nc(-c2ccc(F)cn2)nc2c1COCC2. The van der Waals surface area contributed by atoms with Crippen LogP contribution < -0.4 is 5.32 Å². The van der Waals surface area contributed by atoms with Gasteiger partial charge in [0.15, 0.2) is 5.82 Å². The Morgan fingerprint density at radius 2 is 2.21 bits per heavy atom. The summed E-state index contributed by atoms with van der Waals surface area (Å²) in [5.74, 6) is 0.875. The molecule has 98 valence electrons. The minimum Gasteiger partial charge on any atom is -0.376 e. The van der Waals surface area contributed by atoms with Gasteiger partial charge in [-0.2, -0.15) is 0 Å². The molecule has 1 aliphatic rings. The molecule has 2 aromatic heterocycles. The lowest BCUT2D eigenvalue weighted by atomic mass is 10.1.